The van der Waals surface area contributed by atoms with Gasteiger partial charge in [0.1, 0.15) is 18.7 Å². The smallest absolute Gasteiger partial charge is 0.407 e. The van der Waals surface area contributed by atoms with Gasteiger partial charge in [0, 0.05) is 12.3 Å². The van der Waals surface area contributed by atoms with E-state index < -0.39 is 48.3 Å². The number of aliphatic carboxylic acids is 1. The molecule has 0 fully saturated rings. The lowest BCUT2D eigenvalue weighted by Gasteiger charge is -2.31. The van der Waals surface area contributed by atoms with Gasteiger partial charge in [-0.25, -0.2) is 18.4 Å². The van der Waals surface area contributed by atoms with Crippen LogP contribution in [0.25, 0.3) is 11.1 Å². The molecule has 1 aliphatic carbocycles. The van der Waals surface area contributed by atoms with Crippen molar-refractivity contribution in [1.29, 1.82) is 0 Å². The standard InChI is InChI=1S/C25H28F2N2O5/c1-25(2,3)21(22(30)28-19(23(31)32)12-20(26)27)29-24(33)34-13-18-16-10-6-4-8-14(16)15-9-5-7-11-17(15)18/h4-11,18-21H,12-13H2,1-3H3,(H,28,30)(H,29,33)(H,31,32)/t19?,21-/m1/s1. The zero-order chi connectivity index (χ0) is 25.0. The molecule has 1 aliphatic rings. The molecule has 0 aromatic heterocycles. The number of hydrogen-bond donors (Lipinski definition) is 3. The second-order valence-electron chi connectivity index (χ2n) is 9.30. The molecule has 1 unspecified atom stereocenters. The van der Waals surface area contributed by atoms with Crippen LogP contribution in [0.1, 0.15) is 44.2 Å². The highest BCUT2D eigenvalue weighted by atomic mass is 19.3. The third-order valence-corrected chi connectivity index (χ3v) is 5.76. The summed E-state index contributed by atoms with van der Waals surface area (Å²) in [7, 11) is 0. The largest absolute Gasteiger partial charge is 0.480 e. The average Bonchev–Trinajstić information content (AvgIpc) is 3.08. The van der Waals surface area contributed by atoms with Gasteiger partial charge in [0.05, 0.1) is 0 Å². The van der Waals surface area contributed by atoms with Crippen LogP contribution in [0, 0.1) is 5.41 Å². The van der Waals surface area contributed by atoms with E-state index in [2.05, 4.69) is 10.6 Å². The van der Waals surface area contributed by atoms with Gasteiger partial charge >= 0.3 is 12.1 Å². The minimum Gasteiger partial charge on any atom is -0.480 e. The van der Waals surface area contributed by atoms with E-state index in [-0.39, 0.29) is 12.5 Å². The Hall–Kier alpha value is -3.49. The second kappa shape index (κ2) is 10.2. The molecule has 0 aliphatic heterocycles. The number of rotatable bonds is 8. The number of halogens is 2. The maximum atomic E-state index is 12.7. The third kappa shape index (κ3) is 5.70. The highest BCUT2D eigenvalue weighted by Crippen LogP contribution is 2.44. The molecule has 9 heteroatoms. The predicted molar refractivity (Wildman–Crippen MR) is 122 cm³/mol. The van der Waals surface area contributed by atoms with Crippen LogP contribution in [0.3, 0.4) is 0 Å². The molecule has 3 N–H and O–H groups in total. The Bertz CT molecular complexity index is 1020. The average molecular weight is 475 g/mol. The first-order chi connectivity index (χ1) is 16.0. The Balaban J connectivity index is 1.69. The van der Waals surface area contributed by atoms with Gasteiger partial charge in [-0.2, -0.15) is 0 Å². The summed E-state index contributed by atoms with van der Waals surface area (Å²) in [6.45, 7) is 5.00. The van der Waals surface area contributed by atoms with E-state index in [1.807, 2.05) is 48.5 Å². The highest BCUT2D eigenvalue weighted by Gasteiger charge is 2.36. The van der Waals surface area contributed by atoms with Crippen LogP contribution in [0.4, 0.5) is 13.6 Å². The molecule has 3 rings (SSSR count). The number of alkyl halides is 2. The molecule has 182 valence electrons. The normalized spacial score (nSPS) is 14.6. The SMILES string of the molecule is CC(C)(C)[C@H](NC(=O)OCC1c2ccccc2-c2ccccc21)C(=O)NC(CC(F)F)C(=O)O. The molecule has 7 nitrogen and oxygen atoms in total. The predicted octanol–water partition coefficient (Wildman–Crippen LogP) is 4.16. The Kier molecular flexibility index (Phi) is 7.54. The van der Waals surface area contributed by atoms with Gasteiger partial charge in [-0.1, -0.05) is 69.3 Å². The Morgan fingerprint density at radius 1 is 0.971 bits per heavy atom. The van der Waals surface area contributed by atoms with Gasteiger partial charge in [-0.15, -0.1) is 0 Å². The Morgan fingerprint density at radius 2 is 1.50 bits per heavy atom. The summed E-state index contributed by atoms with van der Waals surface area (Å²) in [5.41, 5.74) is 3.34. The molecule has 2 atom stereocenters. The molecule has 0 saturated heterocycles. The van der Waals surface area contributed by atoms with E-state index >= 15 is 0 Å². The van der Waals surface area contributed by atoms with E-state index in [1.165, 1.54) is 0 Å². The minimum absolute atomic E-state index is 0.0292. The van der Waals surface area contributed by atoms with E-state index in [1.54, 1.807) is 20.8 Å². The van der Waals surface area contributed by atoms with Crippen LogP contribution in [-0.4, -0.2) is 48.2 Å². The van der Waals surface area contributed by atoms with Crippen molar-refractivity contribution in [2.75, 3.05) is 6.61 Å². The van der Waals surface area contributed by atoms with Gasteiger partial charge in [-0.3, -0.25) is 4.79 Å². The topological polar surface area (TPSA) is 105 Å². The molecule has 2 amide bonds. The summed E-state index contributed by atoms with van der Waals surface area (Å²) in [6, 6.07) is 12.7. The molecule has 0 bridgehead atoms. The molecule has 2 aromatic carbocycles. The van der Waals surface area contributed by atoms with Crippen LogP contribution < -0.4 is 10.6 Å². The molecule has 0 spiro atoms. The van der Waals surface area contributed by atoms with Crippen molar-refractivity contribution in [3.8, 4) is 11.1 Å². The third-order valence-electron chi connectivity index (χ3n) is 5.76. The number of nitrogens with one attached hydrogen (secondary N) is 2. The van der Waals surface area contributed by atoms with Gasteiger partial charge in [0.2, 0.25) is 12.3 Å². The van der Waals surface area contributed by atoms with E-state index in [4.69, 9.17) is 9.84 Å². The van der Waals surface area contributed by atoms with Crippen molar-refractivity contribution >= 4 is 18.0 Å². The first kappa shape index (κ1) is 25.1. The number of carbonyl (C=O) groups is 3. The Labute approximate surface area is 196 Å². The zero-order valence-corrected chi connectivity index (χ0v) is 19.2. The van der Waals surface area contributed by atoms with Crippen LogP contribution in [0.2, 0.25) is 0 Å². The number of ether oxygens (including phenoxy) is 1. The van der Waals surface area contributed by atoms with Gasteiger partial charge in [-0.05, 0) is 27.7 Å². The molecule has 34 heavy (non-hydrogen) atoms. The molecular weight excluding hydrogens is 446 g/mol. The minimum atomic E-state index is -2.91. The number of carbonyl (C=O) groups excluding carboxylic acids is 2. The number of amides is 2. The quantitative estimate of drug-likeness (QED) is 0.533. The lowest BCUT2D eigenvalue weighted by Crippen LogP contribution is -2.57. The zero-order valence-electron chi connectivity index (χ0n) is 19.2. The second-order valence-corrected chi connectivity index (χ2v) is 9.30. The van der Waals surface area contributed by atoms with Crippen LogP contribution >= 0.6 is 0 Å². The van der Waals surface area contributed by atoms with Crippen LogP contribution in [0.5, 0.6) is 0 Å². The van der Waals surface area contributed by atoms with E-state index in [0.717, 1.165) is 22.3 Å². The van der Waals surface area contributed by atoms with Crippen LogP contribution in [0.15, 0.2) is 48.5 Å². The Morgan fingerprint density at radius 3 is 1.97 bits per heavy atom. The molecular formula is C25H28F2N2O5. The van der Waals surface area contributed by atoms with Gasteiger partial charge in [0.15, 0.2) is 0 Å². The van der Waals surface area contributed by atoms with Crippen molar-refractivity contribution < 1.29 is 33.0 Å². The molecule has 0 saturated carbocycles. The van der Waals surface area contributed by atoms with Gasteiger partial charge < -0.3 is 20.5 Å². The lowest BCUT2D eigenvalue weighted by molar-refractivity contribution is -0.143. The summed E-state index contributed by atoms with van der Waals surface area (Å²) in [4.78, 5) is 36.6. The van der Waals surface area contributed by atoms with Crippen molar-refractivity contribution in [1.82, 2.24) is 10.6 Å². The highest BCUT2D eigenvalue weighted by molar-refractivity contribution is 5.90. The van der Waals surface area contributed by atoms with E-state index in [0.29, 0.717) is 0 Å². The first-order valence-corrected chi connectivity index (χ1v) is 10.9. The van der Waals surface area contributed by atoms with Crippen molar-refractivity contribution in [2.24, 2.45) is 5.41 Å². The number of benzene rings is 2. The summed E-state index contributed by atoms with van der Waals surface area (Å²) in [5.74, 6) is -2.64. The van der Waals surface area contributed by atoms with Crippen molar-refractivity contribution in [2.45, 2.75) is 51.6 Å². The van der Waals surface area contributed by atoms with Crippen molar-refractivity contribution in [3.63, 3.8) is 0 Å². The fourth-order valence-electron chi connectivity index (χ4n) is 4.09. The first-order valence-electron chi connectivity index (χ1n) is 10.9. The molecule has 2 aromatic rings. The van der Waals surface area contributed by atoms with Gasteiger partial charge in [0.25, 0.3) is 0 Å². The number of carboxylic acid groups (broad SMARTS) is 1. The summed E-state index contributed by atoms with van der Waals surface area (Å²) in [6.07, 6.45) is -4.81. The summed E-state index contributed by atoms with van der Waals surface area (Å²) >= 11 is 0. The number of carboxylic acids is 1. The molecule has 0 radical (unpaired) electrons. The van der Waals surface area contributed by atoms with Crippen LogP contribution in [-0.2, 0) is 14.3 Å². The summed E-state index contributed by atoms with van der Waals surface area (Å²) < 4.78 is 30.9. The lowest BCUT2D eigenvalue weighted by atomic mass is 9.86. The fraction of sp³-hybridized carbons (Fsp3) is 0.400. The number of alkyl carbamates (subject to hydrolysis) is 1. The number of hydrogen-bond acceptors (Lipinski definition) is 4. The van der Waals surface area contributed by atoms with Crippen molar-refractivity contribution in [3.05, 3.63) is 59.7 Å². The van der Waals surface area contributed by atoms with E-state index in [9.17, 15) is 23.2 Å². The fourth-order valence-corrected chi connectivity index (χ4v) is 4.09. The maximum absolute atomic E-state index is 12.7. The maximum Gasteiger partial charge on any atom is 0.407 e. The monoisotopic (exact) mass is 474 g/mol. The molecule has 0 heterocycles. The number of fused-ring (bicyclic) bond motifs is 3. The summed E-state index contributed by atoms with van der Waals surface area (Å²) in [5, 5.41) is 13.7.